The molecule has 6 nitrogen and oxygen atoms in total. The molecule has 2 heterocycles. The Morgan fingerprint density at radius 3 is 1.32 bits per heavy atom. The Kier molecular flexibility index (Phi) is 5.27. The molecule has 2 aromatic rings. The molecule has 0 saturated carbocycles. The topological polar surface area (TPSA) is 129 Å². The highest BCUT2D eigenvalue weighted by Crippen LogP contribution is 2.47. The predicted octanol–water partition coefficient (Wildman–Crippen LogP) is 2.50. The molecule has 28 heavy (non-hydrogen) atoms. The highest BCUT2D eigenvalue weighted by molar-refractivity contribution is 8.79. The molecule has 2 atom stereocenters. The van der Waals surface area contributed by atoms with Gasteiger partial charge in [0.05, 0.1) is 23.5 Å². The van der Waals surface area contributed by atoms with Gasteiger partial charge in [0.25, 0.3) is 0 Å². The third kappa shape index (κ3) is 3.47. The Morgan fingerprint density at radius 2 is 0.964 bits per heavy atom. The summed E-state index contributed by atoms with van der Waals surface area (Å²) in [5, 5.41) is 0. The lowest BCUT2D eigenvalue weighted by atomic mass is 10.1. The highest BCUT2D eigenvalue weighted by atomic mass is 33.1. The van der Waals surface area contributed by atoms with E-state index in [0.29, 0.717) is 11.7 Å². The van der Waals surface area contributed by atoms with Crippen molar-refractivity contribution in [2.24, 2.45) is 32.9 Å². The van der Waals surface area contributed by atoms with Crippen LogP contribution in [0.2, 0.25) is 0 Å². The number of hydrogen-bond donors (Lipinski definition) is 4. The Bertz CT molecular complexity index is 928. The zero-order chi connectivity index (χ0) is 19.7. The molecule has 8 heteroatoms. The highest BCUT2D eigenvalue weighted by Gasteiger charge is 2.31. The number of amidine groups is 2. The lowest BCUT2D eigenvalue weighted by Crippen LogP contribution is -2.35. The van der Waals surface area contributed by atoms with Gasteiger partial charge in [-0.05, 0) is 0 Å². The zero-order valence-electron chi connectivity index (χ0n) is 14.9. The van der Waals surface area contributed by atoms with Gasteiger partial charge < -0.3 is 22.9 Å². The van der Waals surface area contributed by atoms with E-state index in [2.05, 4.69) is 9.98 Å². The molecule has 0 radical (unpaired) electrons. The lowest BCUT2D eigenvalue weighted by Gasteiger charge is -2.14. The summed E-state index contributed by atoms with van der Waals surface area (Å²) in [5.41, 5.74) is 28.2. The lowest BCUT2D eigenvalue weighted by molar-refractivity contribution is 1.07. The molecule has 142 valence electrons. The average molecular weight is 409 g/mol. The van der Waals surface area contributed by atoms with Crippen LogP contribution in [0.15, 0.2) is 80.5 Å². The van der Waals surface area contributed by atoms with Gasteiger partial charge in [0, 0.05) is 20.9 Å². The summed E-state index contributed by atoms with van der Waals surface area (Å²) in [6.07, 6.45) is 0. The van der Waals surface area contributed by atoms with E-state index in [4.69, 9.17) is 22.9 Å². The summed E-state index contributed by atoms with van der Waals surface area (Å²) < 4.78 is 0. The molecule has 0 aromatic heterocycles. The van der Waals surface area contributed by atoms with Crippen molar-refractivity contribution in [1.29, 1.82) is 0 Å². The summed E-state index contributed by atoms with van der Waals surface area (Å²) in [5.74, 6) is 0.816. The van der Waals surface area contributed by atoms with E-state index < -0.39 is 12.1 Å². The Balaban J connectivity index is 1.66. The SMILES string of the molecule is NC1=NC(c2ccccc2)=C(SSC2=C(c3ccccc3)N=C(N)C2N)C1N. The fraction of sp³-hybridized carbons (Fsp3) is 0.100. The van der Waals surface area contributed by atoms with Crippen LogP contribution in [0.3, 0.4) is 0 Å². The molecule has 2 aliphatic rings. The van der Waals surface area contributed by atoms with Crippen LogP contribution < -0.4 is 22.9 Å². The first kappa shape index (κ1) is 18.8. The van der Waals surface area contributed by atoms with Crippen molar-refractivity contribution in [3.05, 3.63) is 81.6 Å². The summed E-state index contributed by atoms with van der Waals surface area (Å²) in [4.78, 5) is 10.8. The summed E-state index contributed by atoms with van der Waals surface area (Å²) in [6.45, 7) is 0. The van der Waals surface area contributed by atoms with Gasteiger partial charge in [-0.2, -0.15) is 0 Å². The van der Waals surface area contributed by atoms with E-state index in [1.54, 1.807) is 0 Å². The summed E-state index contributed by atoms with van der Waals surface area (Å²) >= 11 is 0. The van der Waals surface area contributed by atoms with Crippen LogP contribution in [0.5, 0.6) is 0 Å². The maximum atomic E-state index is 6.29. The fourth-order valence-corrected chi connectivity index (χ4v) is 5.70. The number of nitrogens with zero attached hydrogens (tertiary/aromatic N) is 2. The molecule has 8 N–H and O–H groups in total. The molecule has 0 fully saturated rings. The molecule has 2 aromatic carbocycles. The molecular weight excluding hydrogens is 388 g/mol. The molecule has 0 bridgehead atoms. The molecule has 0 saturated heterocycles. The van der Waals surface area contributed by atoms with Crippen LogP contribution >= 0.6 is 21.6 Å². The molecule has 0 aliphatic carbocycles. The van der Waals surface area contributed by atoms with Gasteiger partial charge in [-0.3, -0.25) is 0 Å². The Morgan fingerprint density at radius 1 is 0.607 bits per heavy atom. The maximum absolute atomic E-state index is 6.29. The van der Waals surface area contributed by atoms with E-state index >= 15 is 0 Å². The third-order valence-electron chi connectivity index (χ3n) is 4.47. The van der Waals surface area contributed by atoms with Gasteiger partial charge in [-0.1, -0.05) is 82.3 Å². The Labute approximate surface area is 171 Å². The van der Waals surface area contributed by atoms with E-state index in [-0.39, 0.29) is 0 Å². The second kappa shape index (κ2) is 7.84. The monoisotopic (exact) mass is 408 g/mol. The van der Waals surface area contributed by atoms with Crippen LogP contribution in [0.4, 0.5) is 0 Å². The van der Waals surface area contributed by atoms with E-state index in [9.17, 15) is 0 Å². The van der Waals surface area contributed by atoms with E-state index in [1.165, 1.54) is 21.6 Å². The van der Waals surface area contributed by atoms with Gasteiger partial charge >= 0.3 is 0 Å². The smallest absolute Gasteiger partial charge is 0.122 e. The minimum atomic E-state index is -0.440. The van der Waals surface area contributed by atoms with Crippen molar-refractivity contribution < 1.29 is 0 Å². The number of benzene rings is 2. The molecule has 2 aliphatic heterocycles. The number of rotatable bonds is 5. The zero-order valence-corrected chi connectivity index (χ0v) is 16.6. The van der Waals surface area contributed by atoms with Crippen molar-refractivity contribution in [3.63, 3.8) is 0 Å². The van der Waals surface area contributed by atoms with Gasteiger partial charge in [-0.25, -0.2) is 9.98 Å². The van der Waals surface area contributed by atoms with Crippen LogP contribution in [-0.4, -0.2) is 23.8 Å². The first-order valence-corrected chi connectivity index (χ1v) is 10.8. The molecule has 0 amide bonds. The van der Waals surface area contributed by atoms with E-state index in [1.807, 2.05) is 60.7 Å². The molecule has 0 spiro atoms. The second-order valence-electron chi connectivity index (χ2n) is 6.35. The number of aliphatic imine (C=N–C) groups is 2. The van der Waals surface area contributed by atoms with Gasteiger partial charge in [0.15, 0.2) is 0 Å². The number of hydrogen-bond acceptors (Lipinski definition) is 8. The van der Waals surface area contributed by atoms with Crippen molar-refractivity contribution >= 4 is 44.7 Å². The molecule has 4 rings (SSSR count). The molecule has 2 unspecified atom stereocenters. The largest absolute Gasteiger partial charge is 0.386 e. The first-order chi connectivity index (χ1) is 13.6. The van der Waals surface area contributed by atoms with Crippen molar-refractivity contribution in [2.75, 3.05) is 0 Å². The minimum absolute atomic E-state index is 0.408. The van der Waals surface area contributed by atoms with Gasteiger partial charge in [-0.15, -0.1) is 0 Å². The Hall–Kier alpha value is -2.52. The normalized spacial score (nSPS) is 21.9. The summed E-state index contributed by atoms with van der Waals surface area (Å²) in [6, 6.07) is 18.9. The molecular formula is C20H20N6S2. The fourth-order valence-electron chi connectivity index (χ4n) is 2.95. The predicted molar refractivity (Wildman–Crippen MR) is 121 cm³/mol. The van der Waals surface area contributed by atoms with Crippen molar-refractivity contribution in [1.82, 2.24) is 0 Å². The maximum Gasteiger partial charge on any atom is 0.122 e. The van der Waals surface area contributed by atoms with Gasteiger partial charge in [0.2, 0.25) is 0 Å². The van der Waals surface area contributed by atoms with Crippen LogP contribution in [-0.2, 0) is 0 Å². The third-order valence-corrected chi connectivity index (χ3v) is 7.13. The van der Waals surface area contributed by atoms with Crippen molar-refractivity contribution in [2.45, 2.75) is 12.1 Å². The number of nitrogens with two attached hydrogens (primary N) is 4. The summed E-state index contributed by atoms with van der Waals surface area (Å²) in [7, 11) is 3.02. The first-order valence-electron chi connectivity index (χ1n) is 8.69. The van der Waals surface area contributed by atoms with E-state index in [0.717, 1.165) is 32.3 Å². The quantitative estimate of drug-likeness (QED) is 0.563. The van der Waals surface area contributed by atoms with Crippen LogP contribution in [0.25, 0.3) is 11.4 Å². The standard InChI is InChI=1S/C20H20N6S2/c21-13-17(15(25-19(13)23)11-7-3-1-4-8-11)27-28-18-14(22)20(24)26-16(18)12-9-5-2-6-10-12/h1-10,13-14H,21-22H2,(H2,23,25)(H2,24,26). The average Bonchev–Trinajstić information content (AvgIpc) is 3.18. The van der Waals surface area contributed by atoms with Crippen LogP contribution in [0, 0.1) is 0 Å². The van der Waals surface area contributed by atoms with Crippen molar-refractivity contribution in [3.8, 4) is 0 Å². The van der Waals surface area contributed by atoms with Crippen LogP contribution in [0.1, 0.15) is 11.1 Å². The second-order valence-corrected chi connectivity index (χ2v) is 8.57. The minimum Gasteiger partial charge on any atom is -0.386 e. The van der Waals surface area contributed by atoms with Gasteiger partial charge in [0.1, 0.15) is 11.7 Å².